The van der Waals surface area contributed by atoms with E-state index < -0.39 is 0 Å². The molecule has 0 aliphatic heterocycles. The summed E-state index contributed by atoms with van der Waals surface area (Å²) in [6.45, 7) is 0. The first-order valence-corrected chi connectivity index (χ1v) is 6.14. The summed E-state index contributed by atoms with van der Waals surface area (Å²) in [7, 11) is 1.86. The van der Waals surface area contributed by atoms with Crippen LogP contribution >= 0.6 is 0 Å². The number of rotatable bonds is 2. The van der Waals surface area contributed by atoms with E-state index in [4.69, 9.17) is 0 Å². The molecule has 0 aliphatic rings. The molecule has 0 atom stereocenters. The molecular weight excluding hydrogens is 254 g/mol. The Morgan fingerprint density at radius 1 is 1.20 bits per heavy atom. The van der Waals surface area contributed by atoms with Crippen molar-refractivity contribution in [3.8, 4) is 0 Å². The number of H-pyrrole nitrogens is 1. The number of hydrogen-bond donors (Lipinski definition) is 2. The lowest BCUT2D eigenvalue weighted by Gasteiger charge is -2.06. The number of anilines is 2. The van der Waals surface area contributed by atoms with E-state index in [-0.39, 0.29) is 0 Å². The van der Waals surface area contributed by atoms with E-state index in [1.54, 1.807) is 17.1 Å². The second kappa shape index (κ2) is 4.02. The van der Waals surface area contributed by atoms with Crippen molar-refractivity contribution in [2.24, 2.45) is 7.05 Å². The van der Waals surface area contributed by atoms with Gasteiger partial charge in [0.2, 0.25) is 0 Å². The summed E-state index contributed by atoms with van der Waals surface area (Å²) in [5.41, 5.74) is 2.71. The van der Waals surface area contributed by atoms with E-state index in [0.29, 0.717) is 0 Å². The fourth-order valence-corrected chi connectivity index (χ4v) is 2.21. The molecule has 0 saturated carbocycles. The van der Waals surface area contributed by atoms with Crippen LogP contribution in [-0.2, 0) is 7.05 Å². The molecule has 0 spiro atoms. The van der Waals surface area contributed by atoms with E-state index in [1.165, 1.54) is 6.33 Å². The number of aromatic amines is 1. The van der Waals surface area contributed by atoms with Crippen molar-refractivity contribution in [1.29, 1.82) is 0 Å². The minimum atomic E-state index is 0.738. The van der Waals surface area contributed by atoms with Gasteiger partial charge in [-0.15, -0.1) is 0 Å². The minimum absolute atomic E-state index is 0.738. The summed E-state index contributed by atoms with van der Waals surface area (Å²) in [6.07, 6.45) is 5.08. The van der Waals surface area contributed by atoms with Gasteiger partial charge in [0.05, 0.1) is 23.3 Å². The molecule has 7 nitrogen and oxygen atoms in total. The largest absolute Gasteiger partial charge is 0.339 e. The van der Waals surface area contributed by atoms with Gasteiger partial charge in [-0.05, 0) is 18.2 Å². The van der Waals surface area contributed by atoms with Crippen LogP contribution in [0.4, 0.5) is 11.5 Å². The van der Waals surface area contributed by atoms with Crippen LogP contribution in [0.2, 0.25) is 0 Å². The maximum Gasteiger partial charge on any atom is 0.163 e. The van der Waals surface area contributed by atoms with Crippen LogP contribution in [-0.4, -0.2) is 29.9 Å². The quantitative estimate of drug-likeness (QED) is 0.579. The molecule has 0 fully saturated rings. The van der Waals surface area contributed by atoms with Gasteiger partial charge >= 0.3 is 0 Å². The lowest BCUT2D eigenvalue weighted by Crippen LogP contribution is -1.97. The van der Waals surface area contributed by atoms with Crippen molar-refractivity contribution < 1.29 is 0 Å². The maximum atomic E-state index is 4.28. The van der Waals surface area contributed by atoms with Crippen molar-refractivity contribution in [1.82, 2.24) is 29.9 Å². The summed E-state index contributed by atoms with van der Waals surface area (Å²) >= 11 is 0. The van der Waals surface area contributed by atoms with Crippen LogP contribution in [0, 0.1) is 0 Å². The average molecular weight is 265 g/mol. The second-order valence-corrected chi connectivity index (χ2v) is 4.52. The molecule has 3 heterocycles. The zero-order valence-corrected chi connectivity index (χ0v) is 10.7. The predicted octanol–water partition coefficient (Wildman–Crippen LogP) is 1.98. The molecule has 7 heteroatoms. The summed E-state index contributed by atoms with van der Waals surface area (Å²) < 4.78 is 1.72. The number of nitrogens with one attached hydrogen (secondary N) is 2. The van der Waals surface area contributed by atoms with E-state index >= 15 is 0 Å². The number of benzene rings is 1. The molecule has 0 aliphatic carbocycles. The van der Waals surface area contributed by atoms with Crippen molar-refractivity contribution in [3.05, 3.63) is 36.9 Å². The van der Waals surface area contributed by atoms with E-state index in [9.17, 15) is 0 Å². The van der Waals surface area contributed by atoms with Crippen LogP contribution in [0.15, 0.2) is 36.9 Å². The van der Waals surface area contributed by atoms with Crippen LogP contribution in [0.1, 0.15) is 0 Å². The summed E-state index contributed by atoms with van der Waals surface area (Å²) in [6, 6.07) is 5.98. The number of aryl methyl sites for hydroxylation is 1. The molecule has 20 heavy (non-hydrogen) atoms. The second-order valence-electron chi connectivity index (χ2n) is 4.52. The monoisotopic (exact) mass is 265 g/mol. The van der Waals surface area contributed by atoms with Crippen molar-refractivity contribution in [3.63, 3.8) is 0 Å². The molecule has 3 aromatic heterocycles. The number of nitrogens with zero attached hydrogens (tertiary/aromatic N) is 5. The first kappa shape index (κ1) is 10.9. The topological polar surface area (TPSA) is 84.3 Å². The van der Waals surface area contributed by atoms with Gasteiger partial charge < -0.3 is 5.32 Å². The lowest BCUT2D eigenvalue weighted by molar-refractivity contribution is 0.785. The van der Waals surface area contributed by atoms with E-state index in [2.05, 4.69) is 30.6 Å². The third-order valence-electron chi connectivity index (χ3n) is 3.23. The standard InChI is InChI=1S/C13H11N7/c1-20-13-10(6-17-20)12(14-7-15-13)18-9-3-2-8-5-16-19-11(8)4-9/h2-7H,1H3,(H,16,19)(H,14,15,18). The Morgan fingerprint density at radius 2 is 2.15 bits per heavy atom. The summed E-state index contributed by atoms with van der Waals surface area (Å²) in [4.78, 5) is 8.50. The van der Waals surface area contributed by atoms with Crippen LogP contribution < -0.4 is 5.32 Å². The van der Waals surface area contributed by atoms with Gasteiger partial charge in [-0.1, -0.05) is 0 Å². The molecule has 4 aromatic rings. The molecular formula is C13H11N7. The molecule has 0 unspecified atom stereocenters. The van der Waals surface area contributed by atoms with E-state index in [0.717, 1.165) is 33.4 Å². The Hall–Kier alpha value is -2.96. The Balaban J connectivity index is 1.79. The molecule has 1 aromatic carbocycles. The Kier molecular flexibility index (Phi) is 2.19. The molecule has 0 amide bonds. The fourth-order valence-electron chi connectivity index (χ4n) is 2.21. The highest BCUT2D eigenvalue weighted by Gasteiger charge is 2.08. The SMILES string of the molecule is Cn1ncc2c(Nc3ccc4cn[nH]c4c3)ncnc21. The van der Waals surface area contributed by atoms with Crippen LogP contribution in [0.3, 0.4) is 0 Å². The molecule has 2 N–H and O–H groups in total. The van der Waals surface area contributed by atoms with Crippen LogP contribution in [0.25, 0.3) is 21.9 Å². The molecule has 0 saturated heterocycles. The fraction of sp³-hybridized carbons (Fsp3) is 0.0769. The summed E-state index contributed by atoms with van der Waals surface area (Å²) in [5.74, 6) is 0.738. The van der Waals surface area contributed by atoms with Gasteiger partial charge in [0.15, 0.2) is 5.65 Å². The molecule has 0 bridgehead atoms. The number of hydrogen-bond acceptors (Lipinski definition) is 5. The van der Waals surface area contributed by atoms with Crippen molar-refractivity contribution >= 4 is 33.4 Å². The van der Waals surface area contributed by atoms with Gasteiger partial charge in [-0.2, -0.15) is 10.2 Å². The van der Waals surface area contributed by atoms with Gasteiger partial charge in [0, 0.05) is 18.1 Å². The first-order valence-electron chi connectivity index (χ1n) is 6.14. The lowest BCUT2D eigenvalue weighted by atomic mass is 10.2. The zero-order valence-electron chi connectivity index (χ0n) is 10.7. The van der Waals surface area contributed by atoms with Crippen molar-refractivity contribution in [2.75, 3.05) is 5.32 Å². The Morgan fingerprint density at radius 3 is 3.10 bits per heavy atom. The zero-order chi connectivity index (χ0) is 13.5. The van der Waals surface area contributed by atoms with Gasteiger partial charge in [0.25, 0.3) is 0 Å². The number of aromatic nitrogens is 6. The molecule has 4 rings (SSSR count). The number of fused-ring (bicyclic) bond motifs is 2. The highest BCUT2D eigenvalue weighted by atomic mass is 15.3. The maximum absolute atomic E-state index is 4.28. The highest BCUT2D eigenvalue weighted by molar-refractivity contribution is 5.89. The van der Waals surface area contributed by atoms with Crippen LogP contribution in [0.5, 0.6) is 0 Å². The van der Waals surface area contributed by atoms with Gasteiger partial charge in [-0.25, -0.2) is 9.97 Å². The molecule has 98 valence electrons. The smallest absolute Gasteiger partial charge is 0.163 e. The summed E-state index contributed by atoms with van der Waals surface area (Å²) in [5, 5.41) is 16.4. The normalized spacial score (nSPS) is 11.2. The average Bonchev–Trinajstić information content (AvgIpc) is 3.06. The predicted molar refractivity (Wildman–Crippen MR) is 75.7 cm³/mol. The minimum Gasteiger partial charge on any atom is -0.339 e. The van der Waals surface area contributed by atoms with Gasteiger partial charge in [0.1, 0.15) is 12.1 Å². The highest BCUT2D eigenvalue weighted by Crippen LogP contribution is 2.24. The Bertz CT molecular complexity index is 905. The van der Waals surface area contributed by atoms with E-state index in [1.807, 2.05) is 25.2 Å². The van der Waals surface area contributed by atoms with Gasteiger partial charge in [-0.3, -0.25) is 9.78 Å². The third-order valence-corrected chi connectivity index (χ3v) is 3.23. The first-order chi connectivity index (χ1) is 9.81. The van der Waals surface area contributed by atoms with Crippen molar-refractivity contribution in [2.45, 2.75) is 0 Å². The molecule has 0 radical (unpaired) electrons. The Labute approximate surface area is 113 Å². The third kappa shape index (κ3) is 1.60.